The molecule has 0 aliphatic heterocycles. The minimum atomic E-state index is -0.517. The molecule has 0 unspecified atom stereocenters. The van der Waals surface area contributed by atoms with Gasteiger partial charge in [-0.1, -0.05) is 26.2 Å². The number of hydrogen-bond donors (Lipinski definition) is 3. The fraction of sp³-hybridized carbons (Fsp3) is 0.625. The number of rotatable bonds is 11. The average molecular weight is 352 g/mol. The van der Waals surface area contributed by atoms with Crippen molar-refractivity contribution in [3.63, 3.8) is 0 Å². The van der Waals surface area contributed by atoms with E-state index >= 15 is 0 Å². The van der Waals surface area contributed by atoms with Crippen molar-refractivity contribution >= 4 is 24.0 Å². The Labute approximate surface area is 148 Å². The van der Waals surface area contributed by atoms with E-state index in [2.05, 4.69) is 27.7 Å². The monoisotopic (exact) mass is 352 g/mol. The first kappa shape index (κ1) is 20.6. The number of aromatic nitrogens is 2. The first-order valence-corrected chi connectivity index (χ1v) is 8.36. The van der Waals surface area contributed by atoms with Crippen molar-refractivity contribution in [3.8, 4) is 0 Å². The molecule has 0 fully saturated rings. The molecule has 0 aliphatic rings. The van der Waals surface area contributed by atoms with Crippen LogP contribution < -0.4 is 15.8 Å². The number of carbonyl (C=O) groups is 2. The number of carbonyl (C=O) groups excluding carboxylic acids is 2. The Bertz CT molecular complexity index is 567. The Hall–Kier alpha value is -2.42. The van der Waals surface area contributed by atoms with Crippen LogP contribution in [0.15, 0.2) is 6.20 Å². The number of hydrazine groups is 1. The van der Waals surface area contributed by atoms with Gasteiger partial charge in [-0.05, 0) is 13.3 Å². The number of hydrogen-bond acceptors (Lipinski definition) is 7. The van der Waals surface area contributed by atoms with Crippen LogP contribution in [0.4, 0.5) is 11.6 Å². The third kappa shape index (κ3) is 6.92. The molecule has 1 aromatic heterocycles. The zero-order valence-electron chi connectivity index (χ0n) is 15.3. The van der Waals surface area contributed by atoms with Crippen molar-refractivity contribution in [3.05, 3.63) is 11.9 Å². The quantitative estimate of drug-likeness (QED) is 0.238. The summed E-state index contributed by atoms with van der Waals surface area (Å²) in [5.74, 6) is -0.564. The molecule has 9 nitrogen and oxygen atoms in total. The van der Waals surface area contributed by atoms with Gasteiger partial charge in [0.1, 0.15) is 0 Å². The van der Waals surface area contributed by atoms with Crippen molar-refractivity contribution in [2.75, 3.05) is 31.0 Å². The van der Waals surface area contributed by atoms with Crippen molar-refractivity contribution in [2.24, 2.45) is 5.92 Å². The van der Waals surface area contributed by atoms with E-state index < -0.39 is 5.92 Å². The van der Waals surface area contributed by atoms with Gasteiger partial charge in [0, 0.05) is 14.1 Å². The maximum absolute atomic E-state index is 12.3. The Kier molecular flexibility index (Phi) is 8.62. The first-order chi connectivity index (χ1) is 11.9. The summed E-state index contributed by atoms with van der Waals surface area (Å²) in [5, 5.41) is 9.86. The van der Waals surface area contributed by atoms with Gasteiger partial charge in [-0.2, -0.15) is 0 Å². The highest BCUT2D eigenvalue weighted by molar-refractivity contribution is 5.80. The molecule has 2 amide bonds. The van der Waals surface area contributed by atoms with Crippen molar-refractivity contribution in [1.82, 2.24) is 20.5 Å². The largest absolute Gasteiger partial charge is 0.375 e. The minimum Gasteiger partial charge on any atom is -0.375 e. The number of nitrogens with one attached hydrogen (secondary N) is 2. The normalized spacial score (nSPS) is 11.6. The van der Waals surface area contributed by atoms with Crippen LogP contribution in [0.5, 0.6) is 0 Å². The summed E-state index contributed by atoms with van der Waals surface area (Å²) in [7, 11) is 3.80. The molecule has 0 aliphatic carbocycles. The second-order valence-corrected chi connectivity index (χ2v) is 6.09. The lowest BCUT2D eigenvalue weighted by atomic mass is 10.0. The zero-order chi connectivity index (χ0) is 18.8. The van der Waals surface area contributed by atoms with Gasteiger partial charge in [0.05, 0.1) is 30.0 Å². The zero-order valence-corrected chi connectivity index (χ0v) is 15.3. The number of amides is 2. The first-order valence-electron chi connectivity index (χ1n) is 8.36. The van der Waals surface area contributed by atoms with Gasteiger partial charge >= 0.3 is 0 Å². The number of anilines is 2. The van der Waals surface area contributed by atoms with Crippen LogP contribution in [0, 0.1) is 12.8 Å². The van der Waals surface area contributed by atoms with Crippen LogP contribution in [-0.4, -0.2) is 53.2 Å². The van der Waals surface area contributed by atoms with Gasteiger partial charge in [0.2, 0.25) is 18.3 Å². The van der Waals surface area contributed by atoms with Gasteiger partial charge in [-0.15, -0.1) is 0 Å². The van der Waals surface area contributed by atoms with Gasteiger partial charge in [0.25, 0.3) is 0 Å². The summed E-state index contributed by atoms with van der Waals surface area (Å²) in [4.78, 5) is 33.3. The summed E-state index contributed by atoms with van der Waals surface area (Å²) >= 11 is 0. The van der Waals surface area contributed by atoms with E-state index in [9.17, 15) is 14.8 Å². The summed E-state index contributed by atoms with van der Waals surface area (Å²) in [6.45, 7) is 3.86. The molecule has 3 N–H and O–H groups in total. The predicted octanol–water partition coefficient (Wildman–Crippen LogP) is 1.34. The molecule has 9 heteroatoms. The molecular formula is C16H28N6O3. The molecule has 1 heterocycles. The topological polar surface area (TPSA) is 111 Å². The molecular weight excluding hydrogens is 324 g/mol. The minimum absolute atomic E-state index is 0.0554. The summed E-state index contributed by atoms with van der Waals surface area (Å²) in [6.07, 6.45) is 5.38. The fourth-order valence-electron chi connectivity index (χ4n) is 2.39. The fourth-order valence-corrected chi connectivity index (χ4v) is 2.39. The van der Waals surface area contributed by atoms with E-state index in [-0.39, 0.29) is 18.4 Å². The molecule has 0 saturated heterocycles. The van der Waals surface area contributed by atoms with Crippen LogP contribution in [0.25, 0.3) is 0 Å². The molecule has 0 spiro atoms. The molecule has 25 heavy (non-hydrogen) atoms. The summed E-state index contributed by atoms with van der Waals surface area (Å²) in [6, 6.07) is 0. The van der Waals surface area contributed by atoms with Crippen LogP contribution in [0.3, 0.4) is 0 Å². The van der Waals surface area contributed by atoms with Gasteiger partial charge in [-0.3, -0.25) is 25.6 Å². The van der Waals surface area contributed by atoms with Gasteiger partial charge < -0.3 is 4.90 Å². The third-order valence-electron chi connectivity index (χ3n) is 3.79. The molecule has 1 rings (SSSR count). The molecule has 1 aromatic rings. The van der Waals surface area contributed by atoms with Gasteiger partial charge in [-0.25, -0.2) is 15.0 Å². The maximum Gasteiger partial charge on any atom is 0.243 e. The predicted molar refractivity (Wildman–Crippen MR) is 95.0 cm³/mol. The molecule has 0 bridgehead atoms. The standard InChI is InChI=1S/C16H28N6O3/c1-5-6-7-8-13(10-22(25)11-23)15(24)19-20-16-17-9-14(21(3)4)12(2)18-16/h9,11,13,25H,5-8,10H2,1-4H3,(H,19,24)(H,17,18,20)/t13-/m1/s1. The van der Waals surface area contributed by atoms with E-state index in [0.717, 1.165) is 30.6 Å². The van der Waals surface area contributed by atoms with Crippen LogP contribution in [0.2, 0.25) is 0 Å². The highest BCUT2D eigenvalue weighted by Crippen LogP contribution is 2.15. The lowest BCUT2D eigenvalue weighted by molar-refractivity contribution is -0.154. The van der Waals surface area contributed by atoms with E-state index in [1.165, 1.54) is 0 Å². The highest BCUT2D eigenvalue weighted by Gasteiger charge is 2.20. The number of nitrogens with zero attached hydrogens (tertiary/aromatic N) is 4. The van der Waals surface area contributed by atoms with Crippen molar-refractivity contribution in [2.45, 2.75) is 39.5 Å². The second kappa shape index (κ2) is 10.4. The number of unbranched alkanes of at least 4 members (excludes halogenated alkanes) is 2. The Morgan fingerprint density at radius 3 is 2.68 bits per heavy atom. The lowest BCUT2D eigenvalue weighted by Gasteiger charge is -2.20. The maximum atomic E-state index is 12.3. The van der Waals surface area contributed by atoms with Gasteiger partial charge in [0.15, 0.2) is 0 Å². The smallest absolute Gasteiger partial charge is 0.243 e. The number of hydroxylamine groups is 2. The number of aryl methyl sites for hydroxylation is 1. The van der Waals surface area contributed by atoms with Crippen molar-refractivity contribution in [1.29, 1.82) is 0 Å². The average Bonchev–Trinajstić information content (AvgIpc) is 2.58. The van der Waals surface area contributed by atoms with E-state index in [1.807, 2.05) is 25.9 Å². The van der Waals surface area contributed by atoms with Crippen LogP contribution >= 0.6 is 0 Å². The summed E-state index contributed by atoms with van der Waals surface area (Å²) in [5.41, 5.74) is 6.90. The van der Waals surface area contributed by atoms with E-state index in [4.69, 9.17) is 0 Å². The SMILES string of the molecule is CCCCC[C@H](CN(O)C=O)C(=O)NNc1ncc(N(C)C)c(C)n1. The Balaban J connectivity index is 2.66. The Morgan fingerprint density at radius 2 is 2.12 bits per heavy atom. The van der Waals surface area contributed by atoms with Crippen LogP contribution in [0.1, 0.15) is 38.3 Å². The highest BCUT2D eigenvalue weighted by atomic mass is 16.5. The van der Waals surface area contributed by atoms with E-state index in [1.54, 1.807) is 6.20 Å². The third-order valence-corrected chi connectivity index (χ3v) is 3.79. The van der Waals surface area contributed by atoms with Crippen LogP contribution in [-0.2, 0) is 9.59 Å². The molecule has 0 radical (unpaired) electrons. The molecule has 140 valence electrons. The Morgan fingerprint density at radius 1 is 1.40 bits per heavy atom. The van der Waals surface area contributed by atoms with Crippen molar-refractivity contribution < 1.29 is 14.8 Å². The lowest BCUT2D eigenvalue weighted by Crippen LogP contribution is -2.40. The summed E-state index contributed by atoms with van der Waals surface area (Å²) < 4.78 is 0. The second-order valence-electron chi connectivity index (χ2n) is 6.09. The van der Waals surface area contributed by atoms with E-state index in [0.29, 0.717) is 17.9 Å². The molecule has 0 aromatic carbocycles. The molecule has 0 saturated carbocycles. The molecule has 1 atom stereocenters.